The number of benzene rings is 1. The number of ether oxygens (including phenoxy) is 1. The SMILES string of the molecule is CC(C)CCNC1COc2cc(O)c(N3CC(=O)NS3(=O)=O)c(F)c2C1. The minimum atomic E-state index is -4.22. The van der Waals surface area contributed by atoms with Crippen LogP contribution in [0.3, 0.4) is 0 Å². The van der Waals surface area contributed by atoms with E-state index in [1.807, 2.05) is 0 Å². The third-order valence-corrected chi connectivity index (χ3v) is 5.77. The fraction of sp³-hybridized carbons (Fsp3) is 0.562. The minimum Gasteiger partial charge on any atom is -0.505 e. The summed E-state index contributed by atoms with van der Waals surface area (Å²) >= 11 is 0. The molecule has 1 aromatic rings. The van der Waals surface area contributed by atoms with Crippen LogP contribution in [-0.4, -0.2) is 45.2 Å². The van der Waals surface area contributed by atoms with E-state index in [0.717, 1.165) is 13.0 Å². The molecule has 1 fully saturated rings. The van der Waals surface area contributed by atoms with Crippen LogP contribution >= 0.6 is 0 Å². The Kier molecular flexibility index (Phi) is 4.98. The summed E-state index contributed by atoms with van der Waals surface area (Å²) in [6, 6.07) is 1.07. The van der Waals surface area contributed by atoms with E-state index in [1.54, 1.807) is 4.72 Å². The summed E-state index contributed by atoms with van der Waals surface area (Å²) in [5, 5.41) is 13.4. The second-order valence-electron chi connectivity index (χ2n) is 6.92. The molecule has 0 saturated carbocycles. The van der Waals surface area contributed by atoms with Crippen LogP contribution in [-0.2, 0) is 21.4 Å². The van der Waals surface area contributed by atoms with Crippen molar-refractivity contribution in [3.8, 4) is 11.5 Å². The maximum absolute atomic E-state index is 15.0. The zero-order chi connectivity index (χ0) is 19.1. The molecular weight excluding hydrogens is 365 g/mol. The quantitative estimate of drug-likeness (QED) is 0.685. The first-order valence-electron chi connectivity index (χ1n) is 8.43. The van der Waals surface area contributed by atoms with Crippen LogP contribution in [0.4, 0.5) is 10.1 Å². The monoisotopic (exact) mass is 387 g/mol. The van der Waals surface area contributed by atoms with Crippen LogP contribution in [0, 0.1) is 11.7 Å². The van der Waals surface area contributed by atoms with E-state index >= 15 is 4.39 Å². The molecule has 1 saturated heterocycles. The van der Waals surface area contributed by atoms with Crippen molar-refractivity contribution >= 4 is 21.8 Å². The number of anilines is 1. The number of carbonyl (C=O) groups excluding carboxylic acids is 1. The normalized spacial score (nSPS) is 21.5. The number of hydrogen-bond acceptors (Lipinski definition) is 6. The fourth-order valence-corrected chi connectivity index (χ4v) is 4.21. The summed E-state index contributed by atoms with van der Waals surface area (Å²) in [5.41, 5.74) is -0.353. The van der Waals surface area contributed by atoms with E-state index in [9.17, 15) is 18.3 Å². The molecule has 0 radical (unpaired) electrons. The van der Waals surface area contributed by atoms with Crippen molar-refractivity contribution < 1.29 is 27.4 Å². The van der Waals surface area contributed by atoms with Crippen molar-refractivity contribution in [3.63, 3.8) is 0 Å². The van der Waals surface area contributed by atoms with Gasteiger partial charge in [0.2, 0.25) is 0 Å². The summed E-state index contributed by atoms with van der Waals surface area (Å²) in [6.07, 6.45) is 1.26. The van der Waals surface area contributed by atoms with Crippen molar-refractivity contribution in [2.45, 2.75) is 32.7 Å². The van der Waals surface area contributed by atoms with Gasteiger partial charge in [-0.15, -0.1) is 0 Å². The van der Waals surface area contributed by atoms with E-state index < -0.39 is 39.9 Å². The molecule has 0 aromatic heterocycles. The second-order valence-corrected chi connectivity index (χ2v) is 8.52. The maximum Gasteiger partial charge on any atom is 0.326 e. The number of phenolic OH excluding ortho intramolecular Hbond substituents is 1. The predicted octanol–water partition coefficient (Wildman–Crippen LogP) is 0.651. The number of halogens is 1. The van der Waals surface area contributed by atoms with Gasteiger partial charge in [0.05, 0.1) is 0 Å². The Balaban J connectivity index is 1.88. The van der Waals surface area contributed by atoms with Crippen molar-refractivity contribution in [1.82, 2.24) is 10.0 Å². The molecule has 3 N–H and O–H groups in total. The molecule has 0 bridgehead atoms. The first-order valence-corrected chi connectivity index (χ1v) is 9.87. The van der Waals surface area contributed by atoms with Crippen LogP contribution in [0.5, 0.6) is 11.5 Å². The average molecular weight is 387 g/mol. The van der Waals surface area contributed by atoms with Crippen molar-refractivity contribution in [3.05, 3.63) is 17.4 Å². The molecule has 0 spiro atoms. The molecule has 1 unspecified atom stereocenters. The van der Waals surface area contributed by atoms with Gasteiger partial charge in [0.15, 0.2) is 5.82 Å². The zero-order valence-electron chi connectivity index (χ0n) is 14.6. The Morgan fingerprint density at radius 3 is 2.85 bits per heavy atom. The van der Waals surface area contributed by atoms with Gasteiger partial charge in [0.25, 0.3) is 5.91 Å². The van der Waals surface area contributed by atoms with Crippen LogP contribution in [0.25, 0.3) is 0 Å². The van der Waals surface area contributed by atoms with Gasteiger partial charge in [0.1, 0.15) is 30.3 Å². The average Bonchev–Trinajstić information content (AvgIpc) is 2.80. The van der Waals surface area contributed by atoms with E-state index in [0.29, 0.717) is 23.3 Å². The number of nitrogens with zero attached hydrogens (tertiary/aromatic N) is 1. The lowest BCUT2D eigenvalue weighted by molar-refractivity contribution is -0.117. The lowest BCUT2D eigenvalue weighted by Gasteiger charge is -2.28. The third kappa shape index (κ3) is 3.56. The largest absolute Gasteiger partial charge is 0.505 e. The van der Waals surface area contributed by atoms with Gasteiger partial charge in [-0.05, 0) is 25.3 Å². The number of nitrogens with one attached hydrogen (secondary N) is 2. The molecule has 2 aliphatic rings. The molecule has 144 valence electrons. The Labute approximate surface area is 151 Å². The highest BCUT2D eigenvalue weighted by Gasteiger charge is 2.39. The van der Waals surface area contributed by atoms with Gasteiger partial charge < -0.3 is 15.2 Å². The molecule has 3 rings (SSSR count). The lowest BCUT2D eigenvalue weighted by Crippen LogP contribution is -2.40. The fourth-order valence-electron chi connectivity index (χ4n) is 3.05. The standard InChI is InChI=1S/C16H22FN3O5S/c1-9(2)3-4-18-10-5-11-13(25-8-10)6-12(21)16(15(11)17)20-7-14(22)19-26(20,23)24/h6,9-10,18,21H,3-5,7-8H2,1-2H3,(H,19,22). The van der Waals surface area contributed by atoms with Crippen LogP contribution in [0.2, 0.25) is 0 Å². The summed E-state index contributed by atoms with van der Waals surface area (Å²) < 4.78 is 46.9. The van der Waals surface area contributed by atoms with E-state index in [4.69, 9.17) is 4.74 Å². The number of rotatable bonds is 5. The highest BCUT2D eigenvalue weighted by molar-refractivity contribution is 7.92. The lowest BCUT2D eigenvalue weighted by atomic mass is 10.00. The number of hydrogen-bond donors (Lipinski definition) is 3. The van der Waals surface area contributed by atoms with Gasteiger partial charge in [0, 0.05) is 17.7 Å². The van der Waals surface area contributed by atoms with Crippen LogP contribution in [0.15, 0.2) is 6.07 Å². The van der Waals surface area contributed by atoms with E-state index in [2.05, 4.69) is 19.2 Å². The van der Waals surface area contributed by atoms with Gasteiger partial charge in [-0.1, -0.05) is 13.8 Å². The molecule has 2 aliphatic heterocycles. The molecule has 8 nitrogen and oxygen atoms in total. The number of amides is 1. The molecule has 1 amide bonds. The number of fused-ring (bicyclic) bond motifs is 1. The van der Waals surface area contributed by atoms with Crippen LogP contribution in [0.1, 0.15) is 25.8 Å². The highest BCUT2D eigenvalue weighted by atomic mass is 32.2. The maximum atomic E-state index is 15.0. The van der Waals surface area contributed by atoms with Gasteiger partial charge in [-0.25, -0.2) is 13.4 Å². The highest BCUT2D eigenvalue weighted by Crippen LogP contribution is 2.41. The summed E-state index contributed by atoms with van der Waals surface area (Å²) in [5.74, 6) is -1.56. The van der Waals surface area contributed by atoms with E-state index in [1.165, 1.54) is 6.07 Å². The molecular formula is C16H22FN3O5S. The molecule has 26 heavy (non-hydrogen) atoms. The molecule has 1 aromatic carbocycles. The second kappa shape index (κ2) is 6.92. The first kappa shape index (κ1) is 18.7. The smallest absolute Gasteiger partial charge is 0.326 e. The summed E-state index contributed by atoms with van der Waals surface area (Å²) in [7, 11) is -4.22. The van der Waals surface area contributed by atoms with Gasteiger partial charge >= 0.3 is 10.2 Å². The molecule has 2 heterocycles. The van der Waals surface area contributed by atoms with Crippen molar-refractivity contribution in [2.75, 3.05) is 24.0 Å². The van der Waals surface area contributed by atoms with Crippen LogP contribution < -0.4 is 19.1 Å². The number of carbonyl (C=O) groups is 1. The van der Waals surface area contributed by atoms with Gasteiger partial charge in [-0.2, -0.15) is 8.42 Å². The van der Waals surface area contributed by atoms with Gasteiger partial charge in [-0.3, -0.25) is 4.79 Å². The Morgan fingerprint density at radius 1 is 1.50 bits per heavy atom. The first-order chi connectivity index (χ1) is 12.2. The number of aromatic hydroxyl groups is 1. The Morgan fingerprint density at radius 2 is 2.23 bits per heavy atom. The Bertz CT molecular complexity index is 828. The predicted molar refractivity (Wildman–Crippen MR) is 92.9 cm³/mol. The molecule has 10 heteroatoms. The molecule has 0 aliphatic carbocycles. The Hall–Kier alpha value is -2.07. The third-order valence-electron chi connectivity index (χ3n) is 4.40. The number of phenols is 1. The summed E-state index contributed by atoms with van der Waals surface area (Å²) in [6.45, 7) is 4.71. The van der Waals surface area contributed by atoms with E-state index in [-0.39, 0.29) is 17.4 Å². The minimum absolute atomic E-state index is 0.122. The zero-order valence-corrected chi connectivity index (χ0v) is 15.4. The topological polar surface area (TPSA) is 108 Å². The van der Waals surface area contributed by atoms with Crippen molar-refractivity contribution in [2.24, 2.45) is 5.92 Å². The molecule has 1 atom stereocenters. The van der Waals surface area contributed by atoms with Crippen molar-refractivity contribution in [1.29, 1.82) is 0 Å². The summed E-state index contributed by atoms with van der Waals surface area (Å²) in [4.78, 5) is 11.4.